The molecule has 0 atom stereocenters. The van der Waals surface area contributed by atoms with Gasteiger partial charge in [0.15, 0.2) is 0 Å². The summed E-state index contributed by atoms with van der Waals surface area (Å²) in [6.07, 6.45) is 0.347. The average Bonchev–Trinajstić information content (AvgIpc) is 2.93. The molecule has 1 aromatic heterocycles. The van der Waals surface area contributed by atoms with Crippen LogP contribution in [-0.4, -0.2) is 17.0 Å². The Balaban J connectivity index is 2.01. The number of ether oxygens (including phenoxy) is 1. The molecule has 2 rings (SSSR count). The van der Waals surface area contributed by atoms with Gasteiger partial charge in [0.2, 0.25) is 0 Å². The minimum absolute atomic E-state index is 0.222. The van der Waals surface area contributed by atoms with Crippen LogP contribution in [0.1, 0.15) is 34.6 Å². The molecule has 0 aliphatic heterocycles. The van der Waals surface area contributed by atoms with Gasteiger partial charge in [-0.05, 0) is 37.3 Å². The van der Waals surface area contributed by atoms with Crippen molar-refractivity contribution in [3.63, 3.8) is 0 Å². The molecule has 0 radical (unpaired) electrons. The molecular weight excluding hydrogens is 300 g/mol. The van der Waals surface area contributed by atoms with E-state index in [2.05, 4.69) is 0 Å². The van der Waals surface area contributed by atoms with E-state index in [-0.39, 0.29) is 18.1 Å². The van der Waals surface area contributed by atoms with Crippen molar-refractivity contribution in [1.82, 2.24) is 0 Å². The van der Waals surface area contributed by atoms with Crippen LogP contribution in [0.25, 0.3) is 0 Å². The maximum atomic E-state index is 12.3. The van der Waals surface area contributed by atoms with Gasteiger partial charge in [-0.25, -0.2) is 4.79 Å². The average molecular weight is 318 g/mol. The molecule has 0 aliphatic carbocycles. The molecule has 2 aromatic rings. The monoisotopic (exact) mass is 318 g/mol. The molecule has 0 fully saturated rings. The summed E-state index contributed by atoms with van der Waals surface area (Å²) >= 11 is 1.35. The minimum atomic E-state index is -0.968. The number of carbonyl (C=O) groups excluding carboxylic acids is 1. The van der Waals surface area contributed by atoms with Gasteiger partial charge in [0.1, 0.15) is 6.61 Å². The quantitative estimate of drug-likeness (QED) is 0.824. The Morgan fingerprint density at radius 3 is 2.50 bits per heavy atom. The van der Waals surface area contributed by atoms with Crippen molar-refractivity contribution < 1.29 is 19.4 Å². The van der Waals surface area contributed by atoms with Crippen molar-refractivity contribution >= 4 is 23.3 Å². The zero-order chi connectivity index (χ0) is 16.2. The molecular formula is C17H18O4S. The Kier molecular flexibility index (Phi) is 4.98. The summed E-state index contributed by atoms with van der Waals surface area (Å²) in [5, 5.41) is 10.9. The SMILES string of the molecule is CC(C)(Cc1sccc1C(=O)O)C(=O)OCc1ccccc1. The molecule has 0 saturated carbocycles. The van der Waals surface area contributed by atoms with Gasteiger partial charge in [-0.1, -0.05) is 30.3 Å². The predicted molar refractivity (Wildman–Crippen MR) is 85.0 cm³/mol. The molecule has 1 N–H and O–H groups in total. The van der Waals surface area contributed by atoms with E-state index >= 15 is 0 Å². The molecule has 0 unspecified atom stereocenters. The van der Waals surface area contributed by atoms with Crippen LogP contribution in [0, 0.1) is 5.41 Å². The molecule has 0 bridgehead atoms. The van der Waals surface area contributed by atoms with E-state index in [1.165, 1.54) is 11.3 Å². The summed E-state index contributed by atoms with van der Waals surface area (Å²) in [5.41, 5.74) is 0.409. The molecule has 116 valence electrons. The first-order valence-corrected chi connectivity index (χ1v) is 7.79. The van der Waals surface area contributed by atoms with Gasteiger partial charge in [-0.3, -0.25) is 4.79 Å². The van der Waals surface area contributed by atoms with Gasteiger partial charge >= 0.3 is 11.9 Å². The Morgan fingerprint density at radius 2 is 1.86 bits per heavy atom. The summed E-state index contributed by atoms with van der Waals surface area (Å²) in [6.45, 7) is 3.76. The first-order valence-electron chi connectivity index (χ1n) is 6.91. The second-order valence-corrected chi connectivity index (χ2v) is 6.69. The number of carboxylic acid groups (broad SMARTS) is 1. The second kappa shape index (κ2) is 6.75. The summed E-state index contributed by atoms with van der Waals surface area (Å²) in [5.74, 6) is -1.30. The lowest BCUT2D eigenvalue weighted by atomic mass is 9.88. The highest BCUT2D eigenvalue weighted by atomic mass is 32.1. The number of thiophene rings is 1. The molecule has 5 heteroatoms. The molecule has 0 spiro atoms. The van der Waals surface area contributed by atoms with Crippen LogP contribution in [0.3, 0.4) is 0 Å². The fourth-order valence-electron chi connectivity index (χ4n) is 2.06. The van der Waals surface area contributed by atoms with Gasteiger partial charge in [0.05, 0.1) is 11.0 Å². The Hall–Kier alpha value is -2.14. The maximum Gasteiger partial charge on any atom is 0.336 e. The standard InChI is InChI=1S/C17H18O4S/c1-17(2,10-14-13(15(18)19)8-9-22-14)16(20)21-11-12-6-4-3-5-7-12/h3-9H,10-11H2,1-2H3,(H,18,19). The van der Waals surface area contributed by atoms with Gasteiger partial charge < -0.3 is 9.84 Å². The van der Waals surface area contributed by atoms with Crippen molar-refractivity contribution in [2.45, 2.75) is 26.9 Å². The van der Waals surface area contributed by atoms with Crippen molar-refractivity contribution in [2.24, 2.45) is 5.41 Å². The van der Waals surface area contributed by atoms with E-state index in [0.717, 1.165) is 5.56 Å². The van der Waals surface area contributed by atoms with Crippen molar-refractivity contribution in [2.75, 3.05) is 0 Å². The molecule has 22 heavy (non-hydrogen) atoms. The summed E-state index contributed by atoms with van der Waals surface area (Å²) in [4.78, 5) is 24.1. The van der Waals surface area contributed by atoms with E-state index in [1.807, 2.05) is 30.3 Å². The fourth-order valence-corrected chi connectivity index (χ4v) is 3.16. The summed E-state index contributed by atoms with van der Waals surface area (Å²) < 4.78 is 5.36. The van der Waals surface area contributed by atoms with Gasteiger partial charge in [-0.2, -0.15) is 0 Å². The minimum Gasteiger partial charge on any atom is -0.478 e. The van der Waals surface area contributed by atoms with Crippen molar-refractivity contribution in [1.29, 1.82) is 0 Å². The predicted octanol–water partition coefficient (Wildman–Crippen LogP) is 3.76. The van der Waals surface area contributed by atoms with Gasteiger partial charge in [-0.15, -0.1) is 11.3 Å². The zero-order valence-electron chi connectivity index (χ0n) is 12.5. The highest BCUT2D eigenvalue weighted by Crippen LogP contribution is 2.29. The fraction of sp³-hybridized carbons (Fsp3) is 0.294. The first-order chi connectivity index (χ1) is 10.4. The van der Waals surface area contributed by atoms with Crippen LogP contribution < -0.4 is 0 Å². The Labute approximate surface area is 133 Å². The highest BCUT2D eigenvalue weighted by Gasteiger charge is 2.31. The topological polar surface area (TPSA) is 63.6 Å². The number of carboxylic acids is 1. The van der Waals surface area contributed by atoms with E-state index in [4.69, 9.17) is 9.84 Å². The van der Waals surface area contributed by atoms with Crippen LogP contribution in [0.5, 0.6) is 0 Å². The van der Waals surface area contributed by atoms with Crippen LogP contribution in [-0.2, 0) is 22.6 Å². The van der Waals surface area contributed by atoms with E-state index in [1.54, 1.807) is 25.3 Å². The molecule has 1 aromatic carbocycles. The molecule has 0 saturated heterocycles. The third kappa shape index (κ3) is 3.95. The number of aromatic carboxylic acids is 1. The molecule has 0 amide bonds. The lowest BCUT2D eigenvalue weighted by molar-refractivity contribution is -0.155. The largest absolute Gasteiger partial charge is 0.478 e. The molecule has 4 nitrogen and oxygen atoms in total. The molecule has 1 heterocycles. The summed E-state index contributed by atoms with van der Waals surface area (Å²) in [7, 11) is 0. The number of carbonyl (C=O) groups is 2. The van der Waals surface area contributed by atoms with Crippen molar-refractivity contribution in [3.05, 3.63) is 57.8 Å². The van der Waals surface area contributed by atoms with Gasteiger partial charge in [0, 0.05) is 4.88 Å². The van der Waals surface area contributed by atoms with Crippen molar-refractivity contribution in [3.8, 4) is 0 Å². The molecule has 0 aliphatic rings. The lowest BCUT2D eigenvalue weighted by Crippen LogP contribution is -2.29. The van der Waals surface area contributed by atoms with Crippen LogP contribution >= 0.6 is 11.3 Å². The van der Waals surface area contributed by atoms with E-state index in [0.29, 0.717) is 11.3 Å². The summed E-state index contributed by atoms with van der Waals surface area (Å²) in [6, 6.07) is 11.0. The van der Waals surface area contributed by atoms with Gasteiger partial charge in [0.25, 0.3) is 0 Å². The number of hydrogen-bond donors (Lipinski definition) is 1. The van der Waals surface area contributed by atoms with Crippen LogP contribution in [0.2, 0.25) is 0 Å². The van der Waals surface area contributed by atoms with Crippen LogP contribution in [0.15, 0.2) is 41.8 Å². The number of hydrogen-bond acceptors (Lipinski definition) is 4. The smallest absolute Gasteiger partial charge is 0.336 e. The zero-order valence-corrected chi connectivity index (χ0v) is 13.4. The number of benzene rings is 1. The lowest BCUT2D eigenvalue weighted by Gasteiger charge is -2.22. The highest BCUT2D eigenvalue weighted by molar-refractivity contribution is 7.10. The van der Waals surface area contributed by atoms with E-state index < -0.39 is 11.4 Å². The van der Waals surface area contributed by atoms with E-state index in [9.17, 15) is 9.59 Å². The Morgan fingerprint density at radius 1 is 1.18 bits per heavy atom. The Bertz CT molecular complexity index is 658. The number of rotatable bonds is 6. The third-order valence-electron chi connectivity index (χ3n) is 3.34. The third-order valence-corrected chi connectivity index (χ3v) is 4.26. The second-order valence-electron chi connectivity index (χ2n) is 5.68. The maximum absolute atomic E-state index is 12.3. The normalized spacial score (nSPS) is 11.2. The first kappa shape index (κ1) is 16.2. The van der Waals surface area contributed by atoms with Crippen LogP contribution in [0.4, 0.5) is 0 Å². The number of esters is 1.